The molecule has 0 amide bonds. The molecule has 0 bridgehead atoms. The molecule has 1 atom stereocenters. The number of rotatable bonds is 2. The Morgan fingerprint density at radius 3 is 2.77 bits per heavy atom. The zero-order chi connectivity index (χ0) is 9.47. The van der Waals surface area contributed by atoms with E-state index in [2.05, 4.69) is 11.9 Å². The molecule has 2 rings (SSSR count). The summed E-state index contributed by atoms with van der Waals surface area (Å²) in [4.78, 5) is 14.1. The van der Waals surface area contributed by atoms with Crippen molar-refractivity contribution >= 4 is 5.78 Å². The highest BCUT2D eigenvalue weighted by molar-refractivity contribution is 5.93. The highest BCUT2D eigenvalue weighted by atomic mass is 16.1. The Hall–Kier alpha value is -0.410. The van der Waals surface area contributed by atoms with Crippen molar-refractivity contribution in [3.8, 4) is 0 Å². The van der Waals surface area contributed by atoms with Crippen LogP contribution in [0.5, 0.6) is 0 Å². The summed E-state index contributed by atoms with van der Waals surface area (Å²) >= 11 is 0. The monoisotopic (exact) mass is 182 g/mol. The standard InChI is InChI=1S/C10H18N2O/c1-12-6-2-3-8(7-12)9(13)10(11)4-5-10/h8H,2-7,11H2,1H3. The second kappa shape index (κ2) is 3.07. The lowest BCUT2D eigenvalue weighted by atomic mass is 9.89. The van der Waals surface area contributed by atoms with E-state index in [0.717, 1.165) is 38.8 Å². The van der Waals surface area contributed by atoms with Crippen LogP contribution in [0.2, 0.25) is 0 Å². The number of hydrogen-bond donors (Lipinski definition) is 1. The van der Waals surface area contributed by atoms with Gasteiger partial charge in [0.05, 0.1) is 5.54 Å². The average Bonchev–Trinajstić information content (AvgIpc) is 2.84. The number of nitrogens with two attached hydrogens (primary N) is 1. The van der Waals surface area contributed by atoms with E-state index in [4.69, 9.17) is 5.73 Å². The summed E-state index contributed by atoms with van der Waals surface area (Å²) in [6.07, 6.45) is 4.00. The van der Waals surface area contributed by atoms with Crippen LogP contribution in [0.4, 0.5) is 0 Å². The number of hydrogen-bond acceptors (Lipinski definition) is 3. The van der Waals surface area contributed by atoms with Crippen LogP contribution in [0, 0.1) is 5.92 Å². The Bertz CT molecular complexity index is 223. The number of likely N-dealkylation sites (tertiary alicyclic amines) is 1. The molecule has 0 aromatic heterocycles. The van der Waals surface area contributed by atoms with Crippen LogP contribution in [0.3, 0.4) is 0 Å². The first-order chi connectivity index (χ1) is 6.12. The smallest absolute Gasteiger partial charge is 0.156 e. The minimum atomic E-state index is -0.414. The molecule has 0 aromatic carbocycles. The zero-order valence-corrected chi connectivity index (χ0v) is 8.25. The number of Topliss-reactive ketones (excluding diaryl/α,β-unsaturated/α-hetero) is 1. The predicted octanol–water partition coefficient (Wildman–Crippen LogP) is 0.389. The summed E-state index contributed by atoms with van der Waals surface area (Å²) in [7, 11) is 2.08. The molecule has 1 unspecified atom stereocenters. The molecule has 1 saturated carbocycles. The van der Waals surface area contributed by atoms with Gasteiger partial charge in [-0.15, -0.1) is 0 Å². The molecule has 74 valence electrons. The molecule has 1 aliphatic carbocycles. The molecular weight excluding hydrogens is 164 g/mol. The van der Waals surface area contributed by atoms with Crippen LogP contribution in [0.1, 0.15) is 25.7 Å². The van der Waals surface area contributed by atoms with Crippen LogP contribution in [0.15, 0.2) is 0 Å². The maximum Gasteiger partial charge on any atom is 0.156 e. The van der Waals surface area contributed by atoms with Gasteiger partial charge in [-0.05, 0) is 39.3 Å². The topological polar surface area (TPSA) is 46.3 Å². The summed E-state index contributed by atoms with van der Waals surface area (Å²) in [5.41, 5.74) is 5.48. The third-order valence-electron chi connectivity index (χ3n) is 3.27. The molecule has 2 N–H and O–H groups in total. The largest absolute Gasteiger partial charge is 0.319 e. The lowest BCUT2D eigenvalue weighted by Gasteiger charge is -2.30. The molecule has 3 nitrogen and oxygen atoms in total. The summed E-state index contributed by atoms with van der Waals surface area (Å²) in [5, 5.41) is 0. The Morgan fingerprint density at radius 1 is 1.54 bits per heavy atom. The molecular formula is C10H18N2O. The maximum absolute atomic E-state index is 11.9. The molecule has 0 aromatic rings. The van der Waals surface area contributed by atoms with E-state index in [1.807, 2.05) is 0 Å². The van der Waals surface area contributed by atoms with Crippen molar-refractivity contribution in [2.24, 2.45) is 11.7 Å². The average molecular weight is 182 g/mol. The van der Waals surface area contributed by atoms with Gasteiger partial charge in [-0.1, -0.05) is 0 Å². The number of ketones is 1. The van der Waals surface area contributed by atoms with Gasteiger partial charge in [-0.3, -0.25) is 4.79 Å². The first-order valence-electron chi connectivity index (χ1n) is 5.13. The summed E-state index contributed by atoms with van der Waals surface area (Å²) in [5.74, 6) is 0.533. The first kappa shape index (κ1) is 9.16. The van der Waals surface area contributed by atoms with Crippen LogP contribution in [-0.2, 0) is 4.79 Å². The van der Waals surface area contributed by atoms with E-state index in [1.165, 1.54) is 0 Å². The molecule has 0 radical (unpaired) electrons. The van der Waals surface area contributed by atoms with Gasteiger partial charge in [0.2, 0.25) is 0 Å². The van der Waals surface area contributed by atoms with E-state index < -0.39 is 5.54 Å². The SMILES string of the molecule is CN1CCCC(C(=O)C2(N)CC2)C1. The normalized spacial score (nSPS) is 32.9. The highest BCUT2D eigenvalue weighted by Crippen LogP contribution is 2.37. The van der Waals surface area contributed by atoms with Gasteiger partial charge in [-0.25, -0.2) is 0 Å². The number of carbonyl (C=O) groups excluding carboxylic acids is 1. The molecule has 2 aliphatic rings. The van der Waals surface area contributed by atoms with E-state index in [1.54, 1.807) is 0 Å². The summed E-state index contributed by atoms with van der Waals surface area (Å²) in [6.45, 7) is 2.04. The van der Waals surface area contributed by atoms with Crippen molar-refractivity contribution in [3.63, 3.8) is 0 Å². The minimum Gasteiger partial charge on any atom is -0.319 e. The van der Waals surface area contributed by atoms with Crippen LogP contribution in [0.25, 0.3) is 0 Å². The van der Waals surface area contributed by atoms with Gasteiger partial charge in [0, 0.05) is 12.5 Å². The van der Waals surface area contributed by atoms with Crippen LogP contribution in [-0.4, -0.2) is 36.4 Å². The van der Waals surface area contributed by atoms with Gasteiger partial charge >= 0.3 is 0 Å². The van der Waals surface area contributed by atoms with Crippen molar-refractivity contribution in [3.05, 3.63) is 0 Å². The quantitative estimate of drug-likeness (QED) is 0.672. The molecule has 1 heterocycles. The van der Waals surface area contributed by atoms with Crippen molar-refractivity contribution in [2.75, 3.05) is 20.1 Å². The second-order valence-corrected chi connectivity index (χ2v) is 4.62. The third kappa shape index (κ3) is 1.76. The molecule has 13 heavy (non-hydrogen) atoms. The fourth-order valence-electron chi connectivity index (χ4n) is 2.17. The first-order valence-corrected chi connectivity index (χ1v) is 5.13. The van der Waals surface area contributed by atoms with Crippen LogP contribution >= 0.6 is 0 Å². The van der Waals surface area contributed by atoms with E-state index in [9.17, 15) is 4.79 Å². The Morgan fingerprint density at radius 2 is 2.23 bits per heavy atom. The molecule has 2 fully saturated rings. The molecule has 1 aliphatic heterocycles. The van der Waals surface area contributed by atoms with E-state index in [-0.39, 0.29) is 5.92 Å². The number of nitrogens with zero attached hydrogens (tertiary/aromatic N) is 1. The predicted molar refractivity (Wildman–Crippen MR) is 51.4 cm³/mol. The van der Waals surface area contributed by atoms with E-state index >= 15 is 0 Å². The van der Waals surface area contributed by atoms with Gasteiger partial charge in [-0.2, -0.15) is 0 Å². The molecule has 1 saturated heterocycles. The lowest BCUT2D eigenvalue weighted by Crippen LogP contribution is -2.44. The summed E-state index contributed by atoms with van der Waals surface area (Å²) in [6, 6.07) is 0. The fraction of sp³-hybridized carbons (Fsp3) is 0.900. The van der Waals surface area contributed by atoms with Gasteiger partial charge < -0.3 is 10.6 Å². The number of piperidine rings is 1. The highest BCUT2D eigenvalue weighted by Gasteiger charge is 2.48. The maximum atomic E-state index is 11.9. The molecule has 0 spiro atoms. The van der Waals surface area contributed by atoms with Crippen LogP contribution < -0.4 is 5.73 Å². The Labute approximate surface area is 79.3 Å². The van der Waals surface area contributed by atoms with Crippen molar-refractivity contribution in [2.45, 2.75) is 31.2 Å². The number of carbonyl (C=O) groups is 1. The minimum absolute atomic E-state index is 0.214. The van der Waals surface area contributed by atoms with Gasteiger partial charge in [0.25, 0.3) is 0 Å². The Balaban J connectivity index is 1.96. The van der Waals surface area contributed by atoms with Crippen molar-refractivity contribution < 1.29 is 4.79 Å². The fourth-order valence-corrected chi connectivity index (χ4v) is 2.17. The van der Waals surface area contributed by atoms with Crippen molar-refractivity contribution in [1.82, 2.24) is 4.90 Å². The molecule has 3 heteroatoms. The second-order valence-electron chi connectivity index (χ2n) is 4.62. The zero-order valence-electron chi connectivity index (χ0n) is 8.25. The van der Waals surface area contributed by atoms with Gasteiger partial charge in [0.15, 0.2) is 5.78 Å². The lowest BCUT2D eigenvalue weighted by molar-refractivity contribution is -0.126. The summed E-state index contributed by atoms with van der Waals surface area (Å²) < 4.78 is 0. The Kier molecular flexibility index (Phi) is 2.16. The van der Waals surface area contributed by atoms with Crippen molar-refractivity contribution in [1.29, 1.82) is 0 Å². The van der Waals surface area contributed by atoms with E-state index in [0.29, 0.717) is 5.78 Å². The van der Waals surface area contributed by atoms with Gasteiger partial charge in [0.1, 0.15) is 0 Å². The third-order valence-corrected chi connectivity index (χ3v) is 3.27.